The van der Waals surface area contributed by atoms with E-state index in [9.17, 15) is 24.6 Å². The number of nitrogens with two attached hydrogens (primary N) is 1. The van der Waals surface area contributed by atoms with Crippen molar-refractivity contribution in [1.82, 2.24) is 16.0 Å². The molecule has 43 heavy (non-hydrogen) atoms. The third-order valence-corrected chi connectivity index (χ3v) is 6.63. The Labute approximate surface area is 254 Å². The molecule has 2 rings (SSSR count). The summed E-state index contributed by atoms with van der Waals surface area (Å²) in [6, 6.07) is 13.6. The Morgan fingerprint density at radius 2 is 1.60 bits per heavy atom. The van der Waals surface area contributed by atoms with Gasteiger partial charge in [0.1, 0.15) is 23.5 Å². The van der Waals surface area contributed by atoms with Gasteiger partial charge in [-0.2, -0.15) is 0 Å². The molecule has 238 valence electrons. The molecule has 0 aromatic heterocycles. The quantitative estimate of drug-likeness (QED) is 0.149. The van der Waals surface area contributed by atoms with E-state index in [2.05, 4.69) is 16.0 Å². The average Bonchev–Trinajstić information content (AvgIpc) is 2.94. The number of nitrogens with one attached hydrogen (secondary N) is 3. The number of benzene rings is 2. The van der Waals surface area contributed by atoms with Crippen LogP contribution in [0.2, 0.25) is 0 Å². The Morgan fingerprint density at radius 3 is 2.19 bits per heavy atom. The van der Waals surface area contributed by atoms with Crippen LogP contribution in [-0.4, -0.2) is 71.2 Å². The van der Waals surface area contributed by atoms with Crippen LogP contribution >= 0.6 is 0 Å². The second-order valence-electron chi connectivity index (χ2n) is 11.9. The van der Waals surface area contributed by atoms with Gasteiger partial charge < -0.3 is 36.1 Å². The highest BCUT2D eigenvalue weighted by Crippen LogP contribution is 2.15. The molecule has 2 aromatic rings. The predicted molar refractivity (Wildman–Crippen MR) is 165 cm³/mol. The van der Waals surface area contributed by atoms with Crippen LogP contribution in [-0.2, 0) is 27.3 Å². The molecule has 0 spiro atoms. The van der Waals surface area contributed by atoms with Gasteiger partial charge in [0.25, 0.3) is 0 Å². The molecule has 0 aliphatic carbocycles. The van der Waals surface area contributed by atoms with Gasteiger partial charge >= 0.3 is 12.1 Å². The number of carboxylic acid groups (broad SMARTS) is 1. The molecule has 7 N–H and O–H groups in total. The first-order valence-corrected chi connectivity index (χ1v) is 14.7. The molecular formula is C32H48N4O7. The molecule has 0 aliphatic rings. The smallest absolute Gasteiger partial charge is 0.407 e. The number of carboxylic acids is 1. The number of amides is 2. The number of carbonyl (C=O) groups is 3. The average molecular weight is 601 g/mol. The number of hydrogen-bond acceptors (Lipinski definition) is 8. The SMILES string of the molecule is CC(C)[C@H](N)C(=O)NCCCCOc1ccc(CN[C@@H](C(=O)O)[C@H](O)[C@H](Cc2ccccc2)NC(=O)OC(C)(C)C)cc1. The number of rotatable bonds is 17. The van der Waals surface area contributed by atoms with Crippen LogP contribution in [0.4, 0.5) is 4.79 Å². The first-order chi connectivity index (χ1) is 20.3. The minimum atomic E-state index is -1.46. The molecule has 0 heterocycles. The monoisotopic (exact) mass is 600 g/mol. The second kappa shape index (κ2) is 17.4. The van der Waals surface area contributed by atoms with E-state index >= 15 is 0 Å². The minimum absolute atomic E-state index is 0.0827. The highest BCUT2D eigenvalue weighted by Gasteiger charge is 2.34. The van der Waals surface area contributed by atoms with E-state index in [1.54, 1.807) is 32.9 Å². The maximum Gasteiger partial charge on any atom is 0.407 e. The van der Waals surface area contributed by atoms with Crippen LogP contribution in [0.3, 0.4) is 0 Å². The first kappa shape index (κ1) is 35.5. The molecule has 11 nitrogen and oxygen atoms in total. The van der Waals surface area contributed by atoms with Gasteiger partial charge in [-0.15, -0.1) is 0 Å². The third-order valence-electron chi connectivity index (χ3n) is 6.63. The zero-order valence-corrected chi connectivity index (χ0v) is 25.8. The largest absolute Gasteiger partial charge is 0.494 e. The summed E-state index contributed by atoms with van der Waals surface area (Å²) in [5.74, 6) is -0.657. The van der Waals surface area contributed by atoms with Gasteiger partial charge in [0.05, 0.1) is 18.7 Å². The van der Waals surface area contributed by atoms with E-state index in [-0.39, 0.29) is 24.8 Å². The lowest BCUT2D eigenvalue weighted by Gasteiger charge is -2.30. The molecule has 0 saturated heterocycles. The Bertz CT molecular complexity index is 1140. The number of ether oxygens (including phenoxy) is 2. The van der Waals surface area contributed by atoms with Crippen molar-refractivity contribution in [3.8, 4) is 5.75 Å². The Balaban J connectivity index is 1.91. The van der Waals surface area contributed by atoms with E-state index in [1.807, 2.05) is 56.3 Å². The fourth-order valence-electron chi connectivity index (χ4n) is 4.15. The van der Waals surface area contributed by atoms with E-state index in [1.165, 1.54) is 0 Å². The predicted octanol–water partition coefficient (Wildman–Crippen LogP) is 2.98. The number of hydrogen-bond donors (Lipinski definition) is 6. The van der Waals surface area contributed by atoms with Crippen LogP contribution in [0.1, 0.15) is 58.6 Å². The summed E-state index contributed by atoms with van der Waals surface area (Å²) in [4.78, 5) is 36.6. The third kappa shape index (κ3) is 13.5. The van der Waals surface area contributed by atoms with Gasteiger partial charge in [-0.05, 0) is 69.2 Å². The summed E-state index contributed by atoms with van der Waals surface area (Å²) in [5.41, 5.74) is 6.68. The minimum Gasteiger partial charge on any atom is -0.494 e. The lowest BCUT2D eigenvalue weighted by molar-refractivity contribution is -0.143. The summed E-state index contributed by atoms with van der Waals surface area (Å²) in [6.45, 7) is 10.1. The number of alkyl carbamates (subject to hydrolysis) is 1. The molecule has 0 fully saturated rings. The van der Waals surface area contributed by atoms with E-state index in [0.29, 0.717) is 18.9 Å². The number of aliphatic hydroxyl groups excluding tert-OH is 1. The molecule has 2 aromatic carbocycles. The Hall–Kier alpha value is -3.67. The van der Waals surface area contributed by atoms with Crippen LogP contribution < -0.4 is 26.4 Å². The van der Waals surface area contributed by atoms with Crippen LogP contribution in [0, 0.1) is 5.92 Å². The number of aliphatic carboxylic acids is 1. The van der Waals surface area contributed by atoms with Crippen molar-refractivity contribution in [2.75, 3.05) is 13.2 Å². The Morgan fingerprint density at radius 1 is 0.953 bits per heavy atom. The molecule has 0 unspecified atom stereocenters. The van der Waals surface area contributed by atoms with Gasteiger partial charge in [-0.1, -0.05) is 56.3 Å². The summed E-state index contributed by atoms with van der Waals surface area (Å²) >= 11 is 0. The fraction of sp³-hybridized carbons (Fsp3) is 0.531. The number of unbranched alkanes of at least 4 members (excludes halogenated alkanes) is 1. The maximum absolute atomic E-state index is 12.5. The molecule has 2 amide bonds. The van der Waals surface area contributed by atoms with Crippen molar-refractivity contribution in [3.63, 3.8) is 0 Å². The fourth-order valence-corrected chi connectivity index (χ4v) is 4.15. The molecule has 0 bridgehead atoms. The van der Waals surface area contributed by atoms with Crippen LogP contribution in [0.15, 0.2) is 54.6 Å². The van der Waals surface area contributed by atoms with Gasteiger partial charge in [0, 0.05) is 13.1 Å². The number of carbonyl (C=O) groups excluding carboxylic acids is 2. The number of aliphatic hydroxyl groups is 1. The van der Waals surface area contributed by atoms with Crippen molar-refractivity contribution < 1.29 is 34.1 Å². The molecule has 11 heteroatoms. The van der Waals surface area contributed by atoms with Gasteiger partial charge in [-0.25, -0.2) is 4.79 Å². The lowest BCUT2D eigenvalue weighted by Crippen LogP contribution is -2.57. The Kier molecular flexibility index (Phi) is 14.4. The highest BCUT2D eigenvalue weighted by molar-refractivity contribution is 5.81. The maximum atomic E-state index is 12.5. The van der Waals surface area contributed by atoms with Gasteiger partial charge in [0.2, 0.25) is 5.91 Å². The molecule has 0 saturated carbocycles. The molecule has 0 aliphatic heterocycles. The topological polar surface area (TPSA) is 172 Å². The van der Waals surface area contributed by atoms with Crippen molar-refractivity contribution in [2.24, 2.45) is 11.7 Å². The zero-order chi connectivity index (χ0) is 32.0. The zero-order valence-electron chi connectivity index (χ0n) is 25.8. The van der Waals surface area contributed by atoms with Gasteiger partial charge in [0.15, 0.2) is 0 Å². The van der Waals surface area contributed by atoms with E-state index in [4.69, 9.17) is 15.2 Å². The lowest BCUT2D eigenvalue weighted by atomic mass is 9.96. The van der Waals surface area contributed by atoms with Crippen LogP contribution in [0.25, 0.3) is 0 Å². The van der Waals surface area contributed by atoms with Crippen molar-refractivity contribution in [2.45, 2.75) is 90.3 Å². The molecule has 0 radical (unpaired) electrons. The normalized spacial score (nSPS) is 14.3. The van der Waals surface area contributed by atoms with Crippen molar-refractivity contribution >= 4 is 18.0 Å². The summed E-state index contributed by atoms with van der Waals surface area (Å²) in [6.07, 6.45) is -0.492. The summed E-state index contributed by atoms with van der Waals surface area (Å²) in [5, 5.41) is 29.5. The van der Waals surface area contributed by atoms with E-state index < -0.39 is 41.9 Å². The standard InChI is InChI=1S/C32H48N4O7/c1-21(2)26(33)29(38)34-17-9-10-18-42-24-15-13-23(14-16-24)20-35-27(30(39)40)28(37)25(19-22-11-7-6-8-12-22)36-31(41)43-32(3,4)5/h6-8,11-16,21,25-28,35,37H,9-10,17-20,33H2,1-5H3,(H,34,38)(H,36,41)(H,39,40)/t25-,26-,27+,28+/m0/s1. The van der Waals surface area contributed by atoms with Crippen molar-refractivity contribution in [3.05, 3.63) is 65.7 Å². The molecular weight excluding hydrogens is 552 g/mol. The summed E-state index contributed by atoms with van der Waals surface area (Å²) < 4.78 is 11.1. The second-order valence-corrected chi connectivity index (χ2v) is 11.9. The van der Waals surface area contributed by atoms with Gasteiger partial charge in [-0.3, -0.25) is 14.9 Å². The van der Waals surface area contributed by atoms with E-state index in [0.717, 1.165) is 24.0 Å². The first-order valence-electron chi connectivity index (χ1n) is 14.7. The van der Waals surface area contributed by atoms with Crippen molar-refractivity contribution in [1.29, 1.82) is 0 Å². The van der Waals surface area contributed by atoms with Crippen LogP contribution in [0.5, 0.6) is 5.75 Å². The summed E-state index contributed by atoms with van der Waals surface area (Å²) in [7, 11) is 0. The molecule has 4 atom stereocenters. The highest BCUT2D eigenvalue weighted by atomic mass is 16.6.